The zero-order chi connectivity index (χ0) is 18.0. The van der Waals surface area contributed by atoms with Gasteiger partial charge in [-0.05, 0) is 31.5 Å². The molecule has 6 nitrogen and oxygen atoms in total. The minimum absolute atomic E-state index is 0.0350. The summed E-state index contributed by atoms with van der Waals surface area (Å²) >= 11 is 0. The zero-order valence-corrected chi connectivity index (χ0v) is 13.7. The van der Waals surface area contributed by atoms with Crippen LogP contribution in [-0.2, 0) is 12.5 Å². The molecule has 132 valence electrons. The van der Waals surface area contributed by atoms with Gasteiger partial charge >= 0.3 is 5.97 Å². The van der Waals surface area contributed by atoms with Gasteiger partial charge in [-0.25, -0.2) is 14.8 Å². The molecule has 1 fully saturated rings. The first-order valence-electron chi connectivity index (χ1n) is 7.98. The first-order valence-corrected chi connectivity index (χ1v) is 7.98. The van der Waals surface area contributed by atoms with Crippen molar-refractivity contribution >= 4 is 5.97 Å². The van der Waals surface area contributed by atoms with Crippen LogP contribution in [0.3, 0.4) is 0 Å². The zero-order valence-electron chi connectivity index (χ0n) is 13.7. The molecule has 8 heteroatoms. The second-order valence-corrected chi connectivity index (χ2v) is 6.17. The SMILES string of the molecule is CC(F)(F)c1cccc(CN2CCCC2c2ncc(C(=O)O)cn2)n1. The van der Waals surface area contributed by atoms with Crippen molar-refractivity contribution in [3.05, 3.63) is 53.4 Å². The quantitative estimate of drug-likeness (QED) is 0.895. The van der Waals surface area contributed by atoms with Gasteiger partial charge in [0.15, 0.2) is 0 Å². The number of nitrogens with zero attached hydrogens (tertiary/aromatic N) is 4. The lowest BCUT2D eigenvalue weighted by atomic mass is 10.2. The highest BCUT2D eigenvalue weighted by Crippen LogP contribution is 2.31. The number of pyridine rings is 1. The van der Waals surface area contributed by atoms with E-state index in [9.17, 15) is 13.6 Å². The van der Waals surface area contributed by atoms with Gasteiger partial charge in [-0.1, -0.05) is 6.07 Å². The molecule has 0 saturated carbocycles. The molecule has 0 aromatic carbocycles. The third-order valence-corrected chi connectivity index (χ3v) is 4.20. The number of hydrogen-bond donors (Lipinski definition) is 1. The molecule has 1 aliphatic rings. The number of hydrogen-bond acceptors (Lipinski definition) is 5. The maximum atomic E-state index is 13.4. The molecule has 1 atom stereocenters. The van der Waals surface area contributed by atoms with E-state index >= 15 is 0 Å². The minimum atomic E-state index is -2.98. The van der Waals surface area contributed by atoms with Crippen LogP contribution >= 0.6 is 0 Å². The predicted molar refractivity (Wildman–Crippen MR) is 85.2 cm³/mol. The number of aromatic nitrogens is 3. The Balaban J connectivity index is 1.77. The van der Waals surface area contributed by atoms with Gasteiger partial charge in [0.25, 0.3) is 5.92 Å². The van der Waals surface area contributed by atoms with E-state index in [-0.39, 0.29) is 17.3 Å². The molecule has 3 heterocycles. The Morgan fingerprint density at radius 2 is 2.08 bits per heavy atom. The van der Waals surface area contributed by atoms with Gasteiger partial charge in [0.1, 0.15) is 11.5 Å². The van der Waals surface area contributed by atoms with Crippen molar-refractivity contribution in [3.8, 4) is 0 Å². The van der Waals surface area contributed by atoms with Crippen molar-refractivity contribution in [2.75, 3.05) is 6.54 Å². The van der Waals surface area contributed by atoms with E-state index in [2.05, 4.69) is 19.9 Å². The lowest BCUT2D eigenvalue weighted by Gasteiger charge is -2.23. The van der Waals surface area contributed by atoms with Gasteiger partial charge in [-0.2, -0.15) is 8.78 Å². The van der Waals surface area contributed by atoms with Gasteiger partial charge in [0.2, 0.25) is 0 Å². The summed E-state index contributed by atoms with van der Waals surface area (Å²) < 4.78 is 26.9. The van der Waals surface area contributed by atoms with Gasteiger partial charge < -0.3 is 5.11 Å². The fourth-order valence-electron chi connectivity index (χ4n) is 2.95. The van der Waals surface area contributed by atoms with Crippen LogP contribution in [0.4, 0.5) is 8.78 Å². The van der Waals surface area contributed by atoms with Crippen molar-refractivity contribution in [3.63, 3.8) is 0 Å². The second-order valence-electron chi connectivity index (χ2n) is 6.17. The summed E-state index contributed by atoms with van der Waals surface area (Å²) in [6, 6.07) is 4.55. The number of aromatic carboxylic acids is 1. The summed E-state index contributed by atoms with van der Waals surface area (Å²) in [5, 5.41) is 8.92. The summed E-state index contributed by atoms with van der Waals surface area (Å²) in [5.74, 6) is -3.51. The minimum Gasteiger partial charge on any atom is -0.478 e. The maximum Gasteiger partial charge on any atom is 0.338 e. The van der Waals surface area contributed by atoms with Crippen LogP contribution in [0.25, 0.3) is 0 Å². The maximum absolute atomic E-state index is 13.4. The fraction of sp³-hybridized carbons (Fsp3) is 0.412. The number of halogens is 2. The topological polar surface area (TPSA) is 79.2 Å². The molecule has 1 aliphatic heterocycles. The summed E-state index contributed by atoms with van der Waals surface area (Å²) in [6.45, 7) is 2.03. The van der Waals surface area contributed by atoms with Crippen LogP contribution in [0, 0.1) is 0 Å². The van der Waals surface area contributed by atoms with Gasteiger partial charge in [0, 0.05) is 25.9 Å². The molecule has 25 heavy (non-hydrogen) atoms. The fourth-order valence-corrected chi connectivity index (χ4v) is 2.95. The molecule has 0 aliphatic carbocycles. The lowest BCUT2D eigenvalue weighted by molar-refractivity contribution is 0.0124. The van der Waals surface area contributed by atoms with Crippen molar-refractivity contribution in [1.29, 1.82) is 0 Å². The van der Waals surface area contributed by atoms with Crippen LogP contribution in [-0.4, -0.2) is 37.5 Å². The highest BCUT2D eigenvalue weighted by atomic mass is 19.3. The van der Waals surface area contributed by atoms with Crippen molar-refractivity contribution in [2.45, 2.75) is 38.3 Å². The first-order chi connectivity index (χ1) is 11.8. The average molecular weight is 348 g/mol. The van der Waals surface area contributed by atoms with Crippen molar-refractivity contribution < 1.29 is 18.7 Å². The standard InChI is InChI=1S/C17H18F2N4O2/c1-17(18,19)14-6-2-4-12(22-14)10-23-7-3-5-13(23)15-20-8-11(9-21-15)16(24)25/h2,4,6,8-9,13H,3,5,7,10H2,1H3,(H,24,25). The number of carboxylic acid groups (broad SMARTS) is 1. The van der Waals surface area contributed by atoms with Gasteiger partial charge in [-0.3, -0.25) is 9.88 Å². The summed E-state index contributed by atoms with van der Waals surface area (Å²) in [5.41, 5.74) is 0.351. The lowest BCUT2D eigenvalue weighted by Crippen LogP contribution is -2.25. The van der Waals surface area contributed by atoms with E-state index in [1.165, 1.54) is 18.5 Å². The summed E-state index contributed by atoms with van der Waals surface area (Å²) in [6.07, 6.45) is 4.34. The second kappa shape index (κ2) is 6.79. The molecule has 0 bridgehead atoms. The molecular formula is C17H18F2N4O2. The van der Waals surface area contributed by atoms with Gasteiger partial charge in [0.05, 0.1) is 17.3 Å². The molecular weight excluding hydrogens is 330 g/mol. The Labute approximate surface area is 143 Å². The highest BCUT2D eigenvalue weighted by molar-refractivity contribution is 5.86. The first kappa shape index (κ1) is 17.3. The Hall–Kier alpha value is -2.48. The van der Waals surface area contributed by atoms with Crippen LogP contribution in [0.2, 0.25) is 0 Å². The molecule has 2 aromatic rings. The largest absolute Gasteiger partial charge is 0.478 e. The molecule has 0 radical (unpaired) electrons. The monoisotopic (exact) mass is 348 g/mol. The van der Waals surface area contributed by atoms with E-state index in [0.29, 0.717) is 18.1 Å². The number of rotatable bonds is 5. The third-order valence-electron chi connectivity index (χ3n) is 4.20. The number of carbonyl (C=O) groups is 1. The van der Waals surface area contributed by atoms with E-state index in [1.807, 2.05) is 0 Å². The van der Waals surface area contributed by atoms with E-state index in [1.54, 1.807) is 12.1 Å². The van der Waals surface area contributed by atoms with Crippen LogP contribution in [0.1, 0.15) is 53.4 Å². The molecule has 1 saturated heterocycles. The highest BCUT2D eigenvalue weighted by Gasteiger charge is 2.30. The molecule has 1 N–H and O–H groups in total. The smallest absolute Gasteiger partial charge is 0.338 e. The van der Waals surface area contributed by atoms with Gasteiger partial charge in [-0.15, -0.1) is 0 Å². The summed E-state index contributed by atoms with van der Waals surface area (Å²) in [7, 11) is 0. The molecule has 0 spiro atoms. The molecule has 2 aromatic heterocycles. The number of alkyl halides is 2. The van der Waals surface area contributed by atoms with E-state index in [4.69, 9.17) is 5.11 Å². The Morgan fingerprint density at radius 1 is 1.36 bits per heavy atom. The van der Waals surface area contributed by atoms with Crippen molar-refractivity contribution in [2.24, 2.45) is 0 Å². The van der Waals surface area contributed by atoms with Crippen LogP contribution in [0.15, 0.2) is 30.6 Å². The Morgan fingerprint density at radius 3 is 2.72 bits per heavy atom. The third kappa shape index (κ3) is 3.96. The normalized spacial score (nSPS) is 18.4. The van der Waals surface area contributed by atoms with Crippen molar-refractivity contribution in [1.82, 2.24) is 19.9 Å². The average Bonchev–Trinajstić information content (AvgIpc) is 3.02. The van der Waals surface area contributed by atoms with Crippen LogP contribution < -0.4 is 0 Å². The van der Waals surface area contributed by atoms with E-state index in [0.717, 1.165) is 26.3 Å². The predicted octanol–water partition coefficient (Wildman–Crippen LogP) is 3.02. The summed E-state index contributed by atoms with van der Waals surface area (Å²) in [4.78, 5) is 25.3. The number of likely N-dealkylation sites (tertiary alicyclic amines) is 1. The molecule has 0 amide bonds. The van der Waals surface area contributed by atoms with E-state index < -0.39 is 11.9 Å². The molecule has 3 rings (SSSR count). The Kier molecular flexibility index (Phi) is 4.71. The molecule has 1 unspecified atom stereocenters. The Bertz CT molecular complexity index is 762. The number of carboxylic acids is 1. The van der Waals surface area contributed by atoms with Crippen LogP contribution in [0.5, 0.6) is 0 Å².